The van der Waals surface area contributed by atoms with Crippen molar-refractivity contribution >= 4 is 66.3 Å². The Bertz CT molecular complexity index is 1790. The first-order valence-corrected chi connectivity index (χ1v) is 18.1. The molecule has 2 aromatic carbocycles. The van der Waals surface area contributed by atoms with Gasteiger partial charge in [-0.05, 0) is 61.6 Å². The molecule has 4 rings (SSSR count). The Labute approximate surface area is 267 Å². The molecule has 0 amide bonds. The van der Waals surface area contributed by atoms with E-state index < -0.39 is 20.2 Å². The predicted molar refractivity (Wildman–Crippen MR) is 171 cm³/mol. The molecule has 0 fully saturated rings. The van der Waals surface area contributed by atoms with Gasteiger partial charge in [0.25, 0.3) is 25.8 Å². The minimum absolute atomic E-state index is 0.200. The van der Waals surface area contributed by atoms with Gasteiger partial charge in [-0.2, -0.15) is 31.2 Å². The van der Waals surface area contributed by atoms with Gasteiger partial charge >= 0.3 is 5.89 Å². The predicted octanol–water partition coefficient (Wildman–Crippen LogP) is 5.80. The average Bonchev–Trinajstić information content (AvgIpc) is 3.45. The number of rotatable bonds is 15. The maximum atomic E-state index is 12.2. The summed E-state index contributed by atoms with van der Waals surface area (Å²) < 4.78 is 75.1. The number of allylic oxidation sites excluding steroid dienone is 2. The summed E-state index contributed by atoms with van der Waals surface area (Å²) >= 11 is 12.7. The number of hydroxylamine groups is 1. The number of anilines is 1. The molecule has 0 saturated carbocycles. The first-order valence-electron chi connectivity index (χ1n) is 14.2. The van der Waals surface area contributed by atoms with Crippen LogP contribution in [0.1, 0.15) is 51.0 Å². The molecule has 0 radical (unpaired) electrons. The third kappa shape index (κ3) is 8.96. The van der Waals surface area contributed by atoms with E-state index >= 15 is 0 Å². The van der Waals surface area contributed by atoms with Crippen LogP contribution in [-0.4, -0.2) is 46.0 Å². The number of fused-ring (bicyclic) bond motifs is 2. The van der Waals surface area contributed by atoms with Crippen molar-refractivity contribution in [1.29, 1.82) is 0 Å². The van der Waals surface area contributed by atoms with Crippen LogP contribution in [0.25, 0.3) is 17.2 Å². The molecule has 11 nitrogen and oxygen atoms in total. The molecule has 0 unspecified atom stereocenters. The Morgan fingerprint density at radius 2 is 1.86 bits per heavy atom. The van der Waals surface area contributed by atoms with E-state index in [9.17, 15) is 16.8 Å². The molecule has 0 spiro atoms. The zero-order valence-corrected chi connectivity index (χ0v) is 27.8. The lowest BCUT2D eigenvalue weighted by molar-refractivity contribution is -0.678. The summed E-state index contributed by atoms with van der Waals surface area (Å²) in [5.74, 6) is 1.08. The smallest absolute Gasteiger partial charge is 0.374 e. The van der Waals surface area contributed by atoms with Crippen molar-refractivity contribution in [2.45, 2.75) is 53.0 Å². The van der Waals surface area contributed by atoms with Crippen LogP contribution < -0.4 is 19.7 Å². The van der Waals surface area contributed by atoms with Gasteiger partial charge in [-0.15, -0.1) is 0 Å². The first kappa shape index (κ1) is 34.2. The van der Waals surface area contributed by atoms with E-state index in [1.165, 1.54) is 0 Å². The molecular weight excluding hydrogens is 653 g/mol. The molecule has 240 valence electrons. The minimum atomic E-state index is -4.06. The number of aryl methyl sites for hydroxylation is 2. The van der Waals surface area contributed by atoms with E-state index in [0.717, 1.165) is 16.7 Å². The second-order valence-corrected chi connectivity index (χ2v) is 14.4. The van der Waals surface area contributed by atoms with Crippen LogP contribution in [0.15, 0.2) is 52.3 Å². The van der Waals surface area contributed by atoms with Gasteiger partial charge in [-0.3, -0.25) is 4.55 Å². The molecule has 15 heteroatoms. The van der Waals surface area contributed by atoms with Gasteiger partial charge in [-0.1, -0.05) is 37.0 Å². The topological polar surface area (TPSA) is 139 Å². The lowest BCUT2D eigenvalue weighted by atomic mass is 10.1. The minimum Gasteiger partial charge on any atom is -0.439 e. The zero-order valence-electron chi connectivity index (χ0n) is 24.7. The normalized spacial score (nSPS) is 14.9. The van der Waals surface area contributed by atoms with Gasteiger partial charge in [0, 0.05) is 36.7 Å². The number of nitrogens with one attached hydrogen (secondary N) is 1. The molecule has 2 heterocycles. The molecule has 0 bridgehead atoms. The van der Waals surface area contributed by atoms with Crippen molar-refractivity contribution in [3.05, 3.63) is 69.4 Å². The number of hydrogen-bond donors (Lipinski definition) is 2. The van der Waals surface area contributed by atoms with Gasteiger partial charge in [0.15, 0.2) is 12.3 Å². The van der Waals surface area contributed by atoms with Gasteiger partial charge in [-0.25, -0.2) is 0 Å². The van der Waals surface area contributed by atoms with E-state index in [1.54, 1.807) is 25.1 Å². The summed E-state index contributed by atoms with van der Waals surface area (Å²) in [6.07, 6.45) is 5.35. The van der Waals surface area contributed by atoms with Crippen LogP contribution in [0.4, 0.5) is 5.69 Å². The highest BCUT2D eigenvalue weighted by Gasteiger charge is 2.28. The lowest BCUT2D eigenvalue weighted by Crippen LogP contribution is -2.35. The number of oxazole rings is 1. The number of nitrogens with zero attached hydrogens (tertiary/aromatic N) is 2. The van der Waals surface area contributed by atoms with E-state index in [4.69, 9.17) is 41.2 Å². The number of aromatic nitrogens is 1. The Kier molecular flexibility index (Phi) is 11.4. The summed E-state index contributed by atoms with van der Waals surface area (Å²) in [6.45, 7) is 6.70. The third-order valence-corrected chi connectivity index (χ3v) is 9.48. The third-order valence-electron chi connectivity index (χ3n) is 6.87. The van der Waals surface area contributed by atoms with Crippen LogP contribution in [0, 0.1) is 6.92 Å². The molecule has 1 aliphatic heterocycles. The SMILES string of the molecule is CCNOS(=O)(=O)CCCN1C(=CC(=Cc2oc3cc(C)c(Cl)cc3[n+]2CCCCS(=O)(=O)O)CC)Oc2ccc(Cl)cc21. The Hall–Kier alpha value is -2.65. The van der Waals surface area contributed by atoms with E-state index in [1.807, 2.05) is 47.6 Å². The largest absolute Gasteiger partial charge is 0.439 e. The van der Waals surface area contributed by atoms with Gasteiger partial charge in [0.1, 0.15) is 0 Å². The van der Waals surface area contributed by atoms with Crippen molar-refractivity contribution in [3.8, 4) is 5.75 Å². The molecule has 44 heavy (non-hydrogen) atoms. The number of benzene rings is 2. The monoisotopic (exact) mass is 688 g/mol. The van der Waals surface area contributed by atoms with E-state index in [-0.39, 0.29) is 24.3 Å². The van der Waals surface area contributed by atoms with Crippen molar-refractivity contribution in [2.24, 2.45) is 0 Å². The first-order chi connectivity index (χ1) is 20.8. The quantitative estimate of drug-likeness (QED) is 0.0872. The second kappa shape index (κ2) is 14.6. The van der Waals surface area contributed by atoms with Crippen LogP contribution in [0.3, 0.4) is 0 Å². The Morgan fingerprint density at radius 3 is 2.57 bits per heavy atom. The standard InChI is InChI=1S/C29H35Cl2N3O8S2/c1-4-21(17-29-33(11-6-7-13-43(35,36)37)25-19-23(31)20(3)15-27(25)41-29)16-28-34(12-8-14-44(38,39)42-32-5-2)24-18-22(30)9-10-26(24)40-28/h9-10,15-19,32H,4-8,11-14H2,1-3H3/p+1. The number of halogens is 2. The zero-order chi connectivity index (χ0) is 32.1. The van der Waals surface area contributed by atoms with Gasteiger partial charge in [0.05, 0.1) is 28.3 Å². The van der Waals surface area contributed by atoms with E-state index in [2.05, 4.69) is 5.48 Å². The fraction of sp³-hybridized carbons (Fsp3) is 0.414. The summed E-state index contributed by atoms with van der Waals surface area (Å²) in [4.78, 5) is 1.87. The molecule has 0 saturated heterocycles. The number of unbranched alkanes of at least 4 members (excludes halogenated alkanes) is 1. The maximum absolute atomic E-state index is 12.2. The molecular formula is C29H36Cl2N3O8S2+. The van der Waals surface area contributed by atoms with E-state index in [0.29, 0.717) is 71.3 Å². The van der Waals surface area contributed by atoms with Crippen LogP contribution in [0.5, 0.6) is 5.75 Å². The summed E-state index contributed by atoms with van der Waals surface area (Å²) in [5.41, 5.74) is 6.17. The molecule has 3 aromatic rings. The summed E-state index contributed by atoms with van der Waals surface area (Å²) in [5, 5.41) is 1.09. The highest BCUT2D eigenvalue weighted by atomic mass is 35.5. The molecule has 1 aromatic heterocycles. The average molecular weight is 690 g/mol. The fourth-order valence-electron chi connectivity index (χ4n) is 4.68. The highest BCUT2D eigenvalue weighted by Crippen LogP contribution is 2.41. The van der Waals surface area contributed by atoms with Crippen molar-refractivity contribution < 1.29 is 39.4 Å². The molecule has 0 atom stereocenters. The molecule has 1 aliphatic rings. The van der Waals surface area contributed by atoms with Crippen LogP contribution in [0.2, 0.25) is 10.0 Å². The van der Waals surface area contributed by atoms with Crippen molar-refractivity contribution in [3.63, 3.8) is 0 Å². The fourth-order valence-corrected chi connectivity index (χ4v) is 6.44. The van der Waals surface area contributed by atoms with Gasteiger partial charge < -0.3 is 14.1 Å². The molecule has 0 aliphatic carbocycles. The highest BCUT2D eigenvalue weighted by molar-refractivity contribution is 7.86. The summed E-state index contributed by atoms with van der Waals surface area (Å²) in [7, 11) is -7.82. The molecule has 2 N–H and O–H groups in total. The van der Waals surface area contributed by atoms with Crippen molar-refractivity contribution in [1.82, 2.24) is 5.48 Å². The van der Waals surface area contributed by atoms with Crippen LogP contribution in [-0.2, 0) is 31.1 Å². The number of ether oxygens (including phenoxy) is 1. The lowest BCUT2D eigenvalue weighted by Gasteiger charge is -2.18. The Morgan fingerprint density at radius 1 is 1.09 bits per heavy atom. The van der Waals surface area contributed by atoms with Crippen LogP contribution >= 0.6 is 23.2 Å². The summed E-state index contributed by atoms with van der Waals surface area (Å²) in [6, 6.07) is 8.92. The Balaban J connectivity index is 1.66. The maximum Gasteiger partial charge on any atom is 0.374 e. The van der Waals surface area contributed by atoms with Gasteiger partial charge in [0.2, 0.25) is 11.5 Å². The number of hydrogen-bond acceptors (Lipinski definition) is 9. The second-order valence-electron chi connectivity index (χ2n) is 10.3. The van der Waals surface area contributed by atoms with Crippen molar-refractivity contribution in [2.75, 3.05) is 29.5 Å².